The van der Waals surface area contributed by atoms with Gasteiger partial charge in [0.25, 0.3) is 0 Å². The molecule has 1 aliphatic heterocycles. The first-order valence-electron chi connectivity index (χ1n) is 12.2. The van der Waals surface area contributed by atoms with Gasteiger partial charge in [-0.2, -0.15) is 0 Å². The van der Waals surface area contributed by atoms with Crippen LogP contribution >= 0.6 is 0 Å². The highest BCUT2D eigenvalue weighted by molar-refractivity contribution is 6.01. The van der Waals surface area contributed by atoms with Crippen molar-refractivity contribution in [3.8, 4) is 22.8 Å². The smallest absolute Gasteiger partial charge is 0.412 e. The lowest BCUT2D eigenvalue weighted by Crippen LogP contribution is -2.32. The number of carbonyl (C=O) groups is 1. The van der Waals surface area contributed by atoms with Crippen molar-refractivity contribution >= 4 is 22.7 Å². The highest BCUT2D eigenvalue weighted by Crippen LogP contribution is 2.41. The number of nitrogens with two attached hydrogens (primary N) is 1. The van der Waals surface area contributed by atoms with Gasteiger partial charge in [-0.25, -0.2) is 4.79 Å². The fourth-order valence-corrected chi connectivity index (χ4v) is 4.53. The Hall–Kier alpha value is -3.19. The van der Waals surface area contributed by atoms with E-state index in [1.165, 1.54) is 12.8 Å². The highest BCUT2D eigenvalue weighted by Gasteiger charge is 2.26. The monoisotopic (exact) mass is 463 g/mol. The third-order valence-electron chi connectivity index (χ3n) is 6.43. The highest BCUT2D eigenvalue weighted by atomic mass is 16.6. The fourth-order valence-electron chi connectivity index (χ4n) is 4.53. The van der Waals surface area contributed by atoms with E-state index >= 15 is 0 Å². The fraction of sp³-hybridized carbons (Fsp3) is 0.444. The molecule has 3 aromatic rings. The second-order valence-corrected chi connectivity index (χ2v) is 9.64. The summed E-state index contributed by atoms with van der Waals surface area (Å²) in [4.78, 5) is 11.9. The van der Waals surface area contributed by atoms with Crippen molar-refractivity contribution in [1.29, 1.82) is 0 Å². The van der Waals surface area contributed by atoms with Gasteiger partial charge in [0.2, 0.25) is 0 Å². The molecule has 1 amide bonds. The Bertz CT molecular complexity index is 1160. The molecular formula is C27H33N3O4. The van der Waals surface area contributed by atoms with Crippen molar-refractivity contribution in [2.24, 2.45) is 5.92 Å². The molecule has 0 radical (unpaired) electrons. The zero-order valence-electron chi connectivity index (χ0n) is 19.9. The Morgan fingerprint density at radius 3 is 2.47 bits per heavy atom. The Morgan fingerprint density at radius 1 is 1.09 bits per heavy atom. The number of aromatic nitrogens is 1. The Kier molecular flexibility index (Phi) is 6.37. The van der Waals surface area contributed by atoms with E-state index in [1.807, 2.05) is 44.2 Å². The number of hydrogen-bond donors (Lipinski definition) is 2. The summed E-state index contributed by atoms with van der Waals surface area (Å²) in [6, 6.07) is 13.8. The molecule has 1 aromatic heterocycles. The number of ether oxygens (including phenoxy) is 3. The molecule has 180 valence electrons. The molecule has 7 nitrogen and oxygen atoms in total. The van der Waals surface area contributed by atoms with Crippen molar-refractivity contribution in [1.82, 2.24) is 9.88 Å². The van der Waals surface area contributed by atoms with Crippen LogP contribution in [0.3, 0.4) is 0 Å². The molecule has 0 atom stereocenters. The molecule has 34 heavy (non-hydrogen) atoms. The van der Waals surface area contributed by atoms with Gasteiger partial charge in [-0.1, -0.05) is 0 Å². The van der Waals surface area contributed by atoms with Crippen LogP contribution in [0.25, 0.3) is 22.2 Å². The summed E-state index contributed by atoms with van der Waals surface area (Å²) >= 11 is 0. The van der Waals surface area contributed by atoms with Gasteiger partial charge in [-0.3, -0.25) is 0 Å². The molecule has 2 aliphatic rings. The lowest BCUT2D eigenvalue weighted by molar-refractivity contribution is 0.0256. The van der Waals surface area contributed by atoms with E-state index in [2.05, 4.69) is 22.0 Å². The number of fused-ring (bicyclic) bond motifs is 1. The first-order chi connectivity index (χ1) is 16.5. The maximum absolute atomic E-state index is 11.9. The number of amides is 1. The molecule has 0 bridgehead atoms. The third kappa shape index (κ3) is 4.99. The second kappa shape index (κ2) is 9.58. The maximum Gasteiger partial charge on any atom is 0.412 e. The van der Waals surface area contributed by atoms with Crippen LogP contribution in [0.1, 0.15) is 39.5 Å². The largest absolute Gasteiger partial charge is 0.490 e. The predicted molar refractivity (Wildman–Crippen MR) is 133 cm³/mol. The molecule has 7 heteroatoms. The standard InChI is InChI=1S/C27H33N3O4/c1-17(2)29-27(31)34-20-7-5-19(6-8-20)26-25(28)23-10-9-22(33-21-11-13-32-14-12-21)15-24(23)30(26)16-18-3-4-18/h5-10,15,17-18,21H,3-4,11-14,16,28H2,1-2H3,(H,29,31). The van der Waals surface area contributed by atoms with Gasteiger partial charge in [-0.05, 0) is 69.0 Å². The minimum Gasteiger partial charge on any atom is -0.490 e. The number of rotatable bonds is 7. The first-order valence-corrected chi connectivity index (χ1v) is 12.2. The van der Waals surface area contributed by atoms with Gasteiger partial charge < -0.3 is 29.8 Å². The van der Waals surface area contributed by atoms with Crippen LogP contribution in [0.2, 0.25) is 0 Å². The second-order valence-electron chi connectivity index (χ2n) is 9.64. The molecule has 5 rings (SSSR count). The Labute approximate surface area is 200 Å². The van der Waals surface area contributed by atoms with Gasteiger partial charge in [0.15, 0.2) is 0 Å². The Morgan fingerprint density at radius 2 is 1.79 bits per heavy atom. The summed E-state index contributed by atoms with van der Waals surface area (Å²) < 4.78 is 19.5. The van der Waals surface area contributed by atoms with Gasteiger partial charge in [0.1, 0.15) is 17.6 Å². The molecule has 1 saturated carbocycles. The average molecular weight is 464 g/mol. The lowest BCUT2D eigenvalue weighted by Gasteiger charge is -2.23. The summed E-state index contributed by atoms with van der Waals surface area (Å²) in [6.45, 7) is 6.22. The summed E-state index contributed by atoms with van der Waals surface area (Å²) in [6.07, 6.45) is 4.05. The van der Waals surface area contributed by atoms with Crippen molar-refractivity contribution in [2.45, 2.75) is 58.2 Å². The van der Waals surface area contributed by atoms with E-state index in [0.717, 1.165) is 66.2 Å². The van der Waals surface area contributed by atoms with Crippen LogP contribution in [0, 0.1) is 5.92 Å². The first kappa shape index (κ1) is 22.6. The molecule has 0 spiro atoms. The topological polar surface area (TPSA) is 87.7 Å². The number of nitrogens with zero attached hydrogens (tertiary/aromatic N) is 1. The normalized spacial score (nSPS) is 16.7. The van der Waals surface area contributed by atoms with Crippen LogP contribution < -0.4 is 20.5 Å². The van der Waals surface area contributed by atoms with E-state index in [4.69, 9.17) is 19.9 Å². The molecule has 1 saturated heterocycles. The van der Waals surface area contributed by atoms with Crippen LogP contribution in [-0.2, 0) is 11.3 Å². The van der Waals surface area contributed by atoms with Crippen LogP contribution in [0.15, 0.2) is 42.5 Å². The van der Waals surface area contributed by atoms with Crippen molar-refractivity contribution in [3.05, 3.63) is 42.5 Å². The van der Waals surface area contributed by atoms with Gasteiger partial charge in [-0.15, -0.1) is 0 Å². The lowest BCUT2D eigenvalue weighted by atomic mass is 10.1. The zero-order valence-corrected chi connectivity index (χ0v) is 19.9. The number of carbonyl (C=O) groups excluding carboxylic acids is 1. The van der Waals surface area contributed by atoms with Crippen molar-refractivity contribution < 1.29 is 19.0 Å². The van der Waals surface area contributed by atoms with Crippen molar-refractivity contribution in [3.63, 3.8) is 0 Å². The number of nitrogen functional groups attached to an aromatic ring is 1. The molecule has 1 aliphatic carbocycles. The molecular weight excluding hydrogens is 430 g/mol. The summed E-state index contributed by atoms with van der Waals surface area (Å²) in [5, 5.41) is 3.77. The minimum absolute atomic E-state index is 0.0185. The zero-order chi connectivity index (χ0) is 23.7. The van der Waals surface area contributed by atoms with E-state index < -0.39 is 6.09 Å². The summed E-state index contributed by atoms with van der Waals surface area (Å²) in [7, 11) is 0. The minimum atomic E-state index is -0.456. The Balaban J connectivity index is 1.46. The van der Waals surface area contributed by atoms with Crippen molar-refractivity contribution in [2.75, 3.05) is 18.9 Å². The van der Waals surface area contributed by atoms with Crippen LogP contribution in [-0.4, -0.2) is 36.0 Å². The maximum atomic E-state index is 11.9. The molecule has 0 unspecified atom stereocenters. The van der Waals surface area contributed by atoms with Gasteiger partial charge >= 0.3 is 6.09 Å². The summed E-state index contributed by atoms with van der Waals surface area (Å²) in [5.74, 6) is 2.05. The van der Waals surface area contributed by atoms with Crippen LogP contribution in [0.5, 0.6) is 11.5 Å². The predicted octanol–water partition coefficient (Wildman–Crippen LogP) is 5.36. The molecule has 2 aromatic carbocycles. The molecule has 2 fully saturated rings. The number of benzene rings is 2. The number of anilines is 1. The molecule has 2 heterocycles. The van der Waals surface area contributed by atoms with E-state index in [1.54, 1.807) is 0 Å². The van der Waals surface area contributed by atoms with E-state index in [0.29, 0.717) is 11.7 Å². The SMILES string of the molecule is CC(C)NC(=O)Oc1ccc(-c2c(N)c3ccc(OC4CCOCC4)cc3n2CC2CC2)cc1. The quantitative estimate of drug-likeness (QED) is 0.493. The summed E-state index contributed by atoms with van der Waals surface area (Å²) in [5.41, 5.74) is 10.6. The third-order valence-corrected chi connectivity index (χ3v) is 6.43. The van der Waals surface area contributed by atoms with Gasteiger partial charge in [0, 0.05) is 42.4 Å². The van der Waals surface area contributed by atoms with Gasteiger partial charge in [0.05, 0.1) is 30.1 Å². The molecule has 3 N–H and O–H groups in total. The average Bonchev–Trinajstić information content (AvgIpc) is 3.59. The van der Waals surface area contributed by atoms with E-state index in [-0.39, 0.29) is 12.1 Å². The number of nitrogens with one attached hydrogen (secondary N) is 1. The number of hydrogen-bond acceptors (Lipinski definition) is 5. The van der Waals surface area contributed by atoms with Crippen LogP contribution in [0.4, 0.5) is 10.5 Å². The van der Waals surface area contributed by atoms with E-state index in [9.17, 15) is 4.79 Å².